The highest BCUT2D eigenvalue weighted by Gasteiger charge is 2.25. The molecule has 7 nitrogen and oxygen atoms in total. The summed E-state index contributed by atoms with van der Waals surface area (Å²) in [5.41, 5.74) is 1.75. The van der Waals surface area contributed by atoms with Crippen molar-refractivity contribution in [1.29, 1.82) is 0 Å². The van der Waals surface area contributed by atoms with Crippen LogP contribution in [0, 0.1) is 5.92 Å². The summed E-state index contributed by atoms with van der Waals surface area (Å²) < 4.78 is 10.0. The van der Waals surface area contributed by atoms with Crippen molar-refractivity contribution in [3.63, 3.8) is 0 Å². The molecule has 0 bridgehead atoms. The Hall–Kier alpha value is -3.35. The number of nitrogens with zero attached hydrogens (tertiary/aromatic N) is 1. The van der Waals surface area contributed by atoms with E-state index in [1.165, 1.54) is 14.0 Å². The highest BCUT2D eigenvalue weighted by atomic mass is 16.5. The number of hydrogen-bond donors (Lipinski definition) is 1. The third kappa shape index (κ3) is 7.44. The fourth-order valence-electron chi connectivity index (χ4n) is 3.30. The van der Waals surface area contributed by atoms with Gasteiger partial charge in [0.05, 0.1) is 32.6 Å². The molecule has 2 atom stereocenters. The summed E-state index contributed by atoms with van der Waals surface area (Å²) >= 11 is 0. The smallest absolute Gasteiger partial charge is 0.310 e. The first-order chi connectivity index (χ1) is 14.8. The van der Waals surface area contributed by atoms with Crippen LogP contribution >= 0.6 is 0 Å². The molecule has 166 valence electrons. The van der Waals surface area contributed by atoms with Gasteiger partial charge in [0.25, 0.3) is 0 Å². The predicted octanol–water partition coefficient (Wildman–Crippen LogP) is 3.10. The molecule has 0 aromatic heterocycles. The van der Waals surface area contributed by atoms with Gasteiger partial charge in [-0.25, -0.2) is 0 Å². The first-order valence-electron chi connectivity index (χ1n) is 10.1. The Balaban J connectivity index is 2.23. The van der Waals surface area contributed by atoms with E-state index in [1.807, 2.05) is 42.5 Å². The Kier molecular flexibility index (Phi) is 9.06. The molecule has 0 aliphatic heterocycles. The molecule has 0 aliphatic rings. The maximum atomic E-state index is 13.3. The van der Waals surface area contributed by atoms with Gasteiger partial charge >= 0.3 is 5.97 Å². The normalized spacial score (nSPS) is 12.4. The van der Waals surface area contributed by atoms with E-state index in [9.17, 15) is 14.4 Å². The molecule has 31 heavy (non-hydrogen) atoms. The van der Waals surface area contributed by atoms with Crippen LogP contribution < -0.4 is 10.1 Å². The lowest BCUT2D eigenvalue weighted by atomic mass is 10.0. The number of methoxy groups -OCH3 is 2. The summed E-state index contributed by atoms with van der Waals surface area (Å²) in [7, 11) is 2.91. The lowest BCUT2D eigenvalue weighted by Gasteiger charge is -2.28. The Bertz CT molecular complexity index is 867. The predicted molar refractivity (Wildman–Crippen MR) is 117 cm³/mol. The zero-order valence-corrected chi connectivity index (χ0v) is 18.5. The van der Waals surface area contributed by atoms with Crippen LogP contribution in [0.3, 0.4) is 0 Å². The molecular formula is C24H30N2O5. The number of benzene rings is 2. The van der Waals surface area contributed by atoms with E-state index in [0.717, 1.165) is 11.1 Å². The van der Waals surface area contributed by atoms with Gasteiger partial charge in [-0.15, -0.1) is 0 Å². The molecule has 0 saturated carbocycles. The SMILES string of the molecule is COC(=O)C(C)CN(Cc1ccccc1)C(=O)CC(NC(C)=O)c1ccc(OC)cc1. The molecule has 0 radical (unpaired) electrons. The van der Waals surface area contributed by atoms with Gasteiger partial charge in [0.15, 0.2) is 0 Å². The molecule has 2 rings (SSSR count). The lowest BCUT2D eigenvalue weighted by Crippen LogP contribution is -2.39. The molecule has 0 aliphatic carbocycles. The van der Waals surface area contributed by atoms with E-state index in [0.29, 0.717) is 12.3 Å². The first kappa shape index (κ1) is 23.9. The number of esters is 1. The summed E-state index contributed by atoms with van der Waals surface area (Å²) in [4.78, 5) is 38.6. The second-order valence-electron chi connectivity index (χ2n) is 7.41. The average molecular weight is 427 g/mol. The molecule has 7 heteroatoms. The Morgan fingerprint density at radius 1 is 1.00 bits per heavy atom. The highest BCUT2D eigenvalue weighted by molar-refractivity contribution is 5.80. The molecule has 2 aromatic rings. The van der Waals surface area contributed by atoms with Gasteiger partial charge in [0, 0.05) is 20.0 Å². The van der Waals surface area contributed by atoms with Crippen LogP contribution in [0.5, 0.6) is 5.75 Å². The van der Waals surface area contributed by atoms with Crippen molar-refractivity contribution in [2.24, 2.45) is 5.92 Å². The van der Waals surface area contributed by atoms with E-state index in [2.05, 4.69) is 5.32 Å². The average Bonchev–Trinajstić information content (AvgIpc) is 2.77. The maximum Gasteiger partial charge on any atom is 0.310 e. The van der Waals surface area contributed by atoms with E-state index >= 15 is 0 Å². The summed E-state index contributed by atoms with van der Waals surface area (Å²) in [5.74, 6) is -0.563. The first-order valence-corrected chi connectivity index (χ1v) is 10.1. The number of carbonyl (C=O) groups excluding carboxylic acids is 3. The number of hydrogen-bond acceptors (Lipinski definition) is 5. The van der Waals surface area contributed by atoms with E-state index < -0.39 is 12.0 Å². The molecule has 2 unspecified atom stereocenters. The molecule has 0 spiro atoms. The molecule has 0 saturated heterocycles. The summed E-state index contributed by atoms with van der Waals surface area (Å²) in [6.45, 7) is 3.72. The fourth-order valence-corrected chi connectivity index (χ4v) is 3.30. The second kappa shape index (κ2) is 11.7. The van der Waals surface area contributed by atoms with Crippen molar-refractivity contribution in [2.75, 3.05) is 20.8 Å². The van der Waals surface area contributed by atoms with Crippen LogP contribution in [0.1, 0.15) is 37.4 Å². The van der Waals surface area contributed by atoms with Crippen molar-refractivity contribution in [3.8, 4) is 5.75 Å². The minimum absolute atomic E-state index is 0.0621. The molecule has 2 amide bonds. The number of rotatable bonds is 10. The van der Waals surface area contributed by atoms with Gasteiger partial charge in [-0.05, 0) is 23.3 Å². The lowest BCUT2D eigenvalue weighted by molar-refractivity contribution is -0.146. The fraction of sp³-hybridized carbons (Fsp3) is 0.375. The minimum Gasteiger partial charge on any atom is -0.497 e. The minimum atomic E-state index is -0.498. The van der Waals surface area contributed by atoms with Gasteiger partial charge in [-0.3, -0.25) is 14.4 Å². The Morgan fingerprint density at radius 3 is 2.19 bits per heavy atom. The summed E-state index contributed by atoms with van der Waals surface area (Å²) in [6.07, 6.45) is 0.0621. The van der Waals surface area contributed by atoms with Gasteiger partial charge in [0.1, 0.15) is 5.75 Å². The third-order valence-electron chi connectivity index (χ3n) is 4.94. The number of nitrogens with one attached hydrogen (secondary N) is 1. The zero-order valence-electron chi connectivity index (χ0n) is 18.5. The summed E-state index contributed by atoms with van der Waals surface area (Å²) in [6, 6.07) is 16.3. The Morgan fingerprint density at radius 2 is 1.65 bits per heavy atom. The van der Waals surface area contributed by atoms with Crippen LogP contribution in [0.25, 0.3) is 0 Å². The molecule has 0 fully saturated rings. The molecule has 1 N–H and O–H groups in total. The van der Waals surface area contributed by atoms with E-state index in [4.69, 9.17) is 9.47 Å². The van der Waals surface area contributed by atoms with Crippen molar-refractivity contribution in [1.82, 2.24) is 10.2 Å². The number of ether oxygens (including phenoxy) is 2. The molecule has 0 heterocycles. The standard InChI is InChI=1S/C24H30N2O5/c1-17(24(29)31-4)15-26(16-19-8-6-5-7-9-19)23(28)14-22(25-18(2)27)20-10-12-21(30-3)13-11-20/h5-13,17,22H,14-16H2,1-4H3,(H,25,27). The van der Waals surface area contributed by atoms with Crippen LogP contribution in [0.2, 0.25) is 0 Å². The van der Waals surface area contributed by atoms with E-state index in [-0.39, 0.29) is 30.7 Å². The van der Waals surface area contributed by atoms with Crippen molar-refractivity contribution < 1.29 is 23.9 Å². The van der Waals surface area contributed by atoms with Crippen LogP contribution in [-0.4, -0.2) is 43.4 Å². The van der Waals surface area contributed by atoms with Crippen LogP contribution in [-0.2, 0) is 25.7 Å². The van der Waals surface area contributed by atoms with Gasteiger partial charge in [0.2, 0.25) is 11.8 Å². The topological polar surface area (TPSA) is 84.9 Å². The van der Waals surface area contributed by atoms with E-state index in [1.54, 1.807) is 31.1 Å². The monoisotopic (exact) mass is 426 g/mol. The zero-order chi connectivity index (χ0) is 22.8. The molecular weight excluding hydrogens is 396 g/mol. The second-order valence-corrected chi connectivity index (χ2v) is 7.41. The van der Waals surface area contributed by atoms with Crippen molar-refractivity contribution >= 4 is 17.8 Å². The number of carbonyl (C=O) groups is 3. The summed E-state index contributed by atoms with van der Waals surface area (Å²) in [5, 5.41) is 2.85. The van der Waals surface area contributed by atoms with Crippen molar-refractivity contribution in [2.45, 2.75) is 32.9 Å². The highest BCUT2D eigenvalue weighted by Crippen LogP contribution is 2.22. The van der Waals surface area contributed by atoms with Crippen molar-refractivity contribution in [3.05, 3.63) is 65.7 Å². The Labute approximate surface area is 183 Å². The quantitative estimate of drug-likeness (QED) is 0.590. The molecule has 2 aromatic carbocycles. The maximum absolute atomic E-state index is 13.3. The van der Waals surface area contributed by atoms with Crippen LogP contribution in [0.4, 0.5) is 0 Å². The van der Waals surface area contributed by atoms with Gasteiger partial charge in [-0.1, -0.05) is 49.4 Å². The third-order valence-corrected chi connectivity index (χ3v) is 4.94. The largest absolute Gasteiger partial charge is 0.497 e. The van der Waals surface area contributed by atoms with Gasteiger partial charge in [-0.2, -0.15) is 0 Å². The van der Waals surface area contributed by atoms with Gasteiger partial charge < -0.3 is 19.7 Å². The van der Waals surface area contributed by atoms with Crippen LogP contribution in [0.15, 0.2) is 54.6 Å². The number of amides is 2.